The first-order valence-electron chi connectivity index (χ1n) is 8.17. The molecule has 0 saturated carbocycles. The third-order valence-corrected chi connectivity index (χ3v) is 4.14. The van der Waals surface area contributed by atoms with Crippen molar-refractivity contribution >= 4 is 11.9 Å². The first-order valence-corrected chi connectivity index (χ1v) is 8.17. The fourth-order valence-corrected chi connectivity index (χ4v) is 2.74. The number of rotatable bonds is 7. The number of benzene rings is 2. The zero-order valence-electron chi connectivity index (χ0n) is 15.3. The number of carbonyl (C=O) groups excluding carboxylic acids is 1. The minimum Gasteiger partial charge on any atom is -0.497 e. The van der Waals surface area contributed by atoms with E-state index in [0.717, 1.165) is 11.1 Å². The first-order chi connectivity index (χ1) is 12.3. The normalized spacial score (nSPS) is 11.5. The Bertz CT molecular complexity index is 816. The summed E-state index contributed by atoms with van der Waals surface area (Å²) < 4.78 is 10.5. The molecule has 2 aromatic carbocycles. The van der Waals surface area contributed by atoms with Gasteiger partial charge in [0, 0.05) is 17.2 Å². The van der Waals surface area contributed by atoms with Gasteiger partial charge in [-0.1, -0.05) is 17.7 Å². The van der Waals surface area contributed by atoms with Gasteiger partial charge in [0.05, 0.1) is 26.7 Å². The van der Waals surface area contributed by atoms with Crippen LogP contribution in [0.1, 0.15) is 39.5 Å². The van der Waals surface area contributed by atoms with Crippen LogP contribution in [0.3, 0.4) is 0 Å². The molecule has 0 fully saturated rings. The largest absolute Gasteiger partial charge is 0.497 e. The van der Waals surface area contributed by atoms with Crippen LogP contribution < -0.4 is 14.8 Å². The molecule has 2 aromatic rings. The Balaban J connectivity index is 2.37. The zero-order valence-corrected chi connectivity index (χ0v) is 15.3. The van der Waals surface area contributed by atoms with Gasteiger partial charge in [0.1, 0.15) is 11.5 Å². The van der Waals surface area contributed by atoms with E-state index in [1.54, 1.807) is 24.3 Å². The van der Waals surface area contributed by atoms with E-state index in [-0.39, 0.29) is 12.3 Å². The summed E-state index contributed by atoms with van der Waals surface area (Å²) in [4.78, 5) is 24.1. The quantitative estimate of drug-likeness (QED) is 0.794. The maximum absolute atomic E-state index is 12.7. The summed E-state index contributed by atoms with van der Waals surface area (Å²) in [7, 11) is 3.02. The number of aryl methyl sites for hydroxylation is 2. The van der Waals surface area contributed by atoms with E-state index < -0.39 is 12.0 Å². The molecule has 0 aliphatic rings. The molecular weight excluding hydrogens is 334 g/mol. The highest BCUT2D eigenvalue weighted by atomic mass is 16.5. The molecule has 0 saturated heterocycles. The first kappa shape index (κ1) is 19.3. The monoisotopic (exact) mass is 357 g/mol. The topological polar surface area (TPSA) is 84.9 Å². The van der Waals surface area contributed by atoms with Crippen LogP contribution in [0.25, 0.3) is 0 Å². The molecule has 0 aromatic heterocycles. The van der Waals surface area contributed by atoms with Crippen LogP contribution in [-0.2, 0) is 4.79 Å². The van der Waals surface area contributed by atoms with Crippen LogP contribution in [0, 0.1) is 13.8 Å². The summed E-state index contributed by atoms with van der Waals surface area (Å²) in [6, 6.07) is 9.91. The van der Waals surface area contributed by atoms with Gasteiger partial charge in [-0.25, -0.2) is 0 Å². The van der Waals surface area contributed by atoms with Crippen molar-refractivity contribution in [2.24, 2.45) is 0 Å². The standard InChI is InChI=1S/C20H23NO5/c1-12-5-6-13(2)16(9-12)20(24)21-17(11-19(22)23)15-8-7-14(25-3)10-18(15)26-4/h5-10,17H,11H2,1-4H3,(H,21,24)(H,22,23). The van der Waals surface area contributed by atoms with Crippen LogP contribution in [0.2, 0.25) is 0 Å². The minimum absolute atomic E-state index is 0.265. The lowest BCUT2D eigenvalue weighted by atomic mass is 10.00. The molecule has 2 rings (SSSR count). The number of aliphatic carboxylic acids is 1. The molecule has 1 unspecified atom stereocenters. The van der Waals surface area contributed by atoms with E-state index >= 15 is 0 Å². The number of nitrogens with one attached hydrogen (secondary N) is 1. The number of methoxy groups -OCH3 is 2. The molecule has 0 bridgehead atoms. The molecule has 1 amide bonds. The van der Waals surface area contributed by atoms with E-state index in [9.17, 15) is 14.7 Å². The van der Waals surface area contributed by atoms with E-state index in [1.807, 2.05) is 26.0 Å². The van der Waals surface area contributed by atoms with Gasteiger partial charge in [-0.2, -0.15) is 0 Å². The van der Waals surface area contributed by atoms with Crippen LogP contribution in [-0.4, -0.2) is 31.2 Å². The highest BCUT2D eigenvalue weighted by molar-refractivity contribution is 5.96. The third kappa shape index (κ3) is 4.53. The fourth-order valence-electron chi connectivity index (χ4n) is 2.74. The lowest BCUT2D eigenvalue weighted by Crippen LogP contribution is -2.31. The number of amides is 1. The van der Waals surface area contributed by atoms with E-state index in [2.05, 4.69) is 5.32 Å². The Kier molecular flexibility index (Phi) is 6.22. The van der Waals surface area contributed by atoms with Gasteiger partial charge < -0.3 is 19.9 Å². The Morgan fingerprint density at radius 1 is 1.08 bits per heavy atom. The van der Waals surface area contributed by atoms with Gasteiger partial charge in [-0.15, -0.1) is 0 Å². The third-order valence-electron chi connectivity index (χ3n) is 4.14. The van der Waals surface area contributed by atoms with Crippen molar-refractivity contribution in [3.05, 3.63) is 58.7 Å². The minimum atomic E-state index is -1.02. The summed E-state index contributed by atoms with van der Waals surface area (Å²) in [5.74, 6) is -0.304. The van der Waals surface area contributed by atoms with Crippen molar-refractivity contribution in [2.45, 2.75) is 26.3 Å². The van der Waals surface area contributed by atoms with E-state index in [0.29, 0.717) is 22.6 Å². The van der Waals surface area contributed by atoms with Crippen LogP contribution in [0.5, 0.6) is 11.5 Å². The Labute approximate surface area is 152 Å². The number of carboxylic acid groups (broad SMARTS) is 1. The van der Waals surface area contributed by atoms with Crippen molar-refractivity contribution in [1.82, 2.24) is 5.32 Å². The summed E-state index contributed by atoms with van der Waals surface area (Å²) in [5, 5.41) is 12.1. The van der Waals surface area contributed by atoms with Crippen LogP contribution in [0.4, 0.5) is 0 Å². The van der Waals surface area contributed by atoms with Gasteiger partial charge in [-0.3, -0.25) is 9.59 Å². The fraction of sp³-hybridized carbons (Fsp3) is 0.300. The van der Waals surface area contributed by atoms with Gasteiger partial charge in [0.15, 0.2) is 0 Å². The summed E-state index contributed by atoms with van der Waals surface area (Å²) in [6.45, 7) is 3.74. The average Bonchev–Trinajstić information content (AvgIpc) is 2.62. The summed E-state index contributed by atoms with van der Waals surface area (Å²) >= 11 is 0. The molecule has 0 heterocycles. The Morgan fingerprint density at radius 2 is 1.81 bits per heavy atom. The highest BCUT2D eigenvalue weighted by Gasteiger charge is 2.23. The van der Waals surface area contributed by atoms with Gasteiger partial charge in [-0.05, 0) is 37.6 Å². The SMILES string of the molecule is COc1ccc(C(CC(=O)O)NC(=O)c2cc(C)ccc2C)c(OC)c1. The van der Waals surface area contributed by atoms with Gasteiger partial charge in [0.2, 0.25) is 0 Å². The van der Waals surface area contributed by atoms with E-state index in [4.69, 9.17) is 9.47 Å². The summed E-state index contributed by atoms with van der Waals surface area (Å²) in [6.07, 6.45) is -0.265. The molecule has 0 aliphatic heterocycles. The molecule has 0 aliphatic carbocycles. The molecule has 2 N–H and O–H groups in total. The van der Waals surface area contributed by atoms with Crippen molar-refractivity contribution in [3.8, 4) is 11.5 Å². The second-order valence-electron chi connectivity index (χ2n) is 6.05. The molecule has 0 radical (unpaired) electrons. The van der Waals surface area contributed by atoms with Gasteiger partial charge in [0.25, 0.3) is 5.91 Å². The number of carboxylic acids is 1. The molecule has 1 atom stereocenters. The molecule has 6 heteroatoms. The molecular formula is C20H23NO5. The Morgan fingerprint density at radius 3 is 2.42 bits per heavy atom. The number of hydrogen-bond acceptors (Lipinski definition) is 4. The lowest BCUT2D eigenvalue weighted by Gasteiger charge is -2.21. The van der Waals surface area contributed by atoms with Crippen molar-refractivity contribution in [2.75, 3.05) is 14.2 Å². The van der Waals surface area contributed by atoms with Crippen LogP contribution in [0.15, 0.2) is 36.4 Å². The van der Waals surface area contributed by atoms with Crippen molar-refractivity contribution in [3.63, 3.8) is 0 Å². The van der Waals surface area contributed by atoms with Gasteiger partial charge >= 0.3 is 5.97 Å². The summed E-state index contributed by atoms with van der Waals surface area (Å²) in [5.41, 5.74) is 2.88. The second kappa shape index (κ2) is 8.38. The predicted octanol–water partition coefficient (Wildman–Crippen LogP) is 3.27. The zero-order chi connectivity index (χ0) is 19.3. The maximum atomic E-state index is 12.7. The second-order valence-corrected chi connectivity index (χ2v) is 6.05. The number of carbonyl (C=O) groups is 2. The molecule has 26 heavy (non-hydrogen) atoms. The van der Waals surface area contributed by atoms with Crippen molar-refractivity contribution < 1.29 is 24.2 Å². The maximum Gasteiger partial charge on any atom is 0.305 e. The smallest absolute Gasteiger partial charge is 0.305 e. The predicted molar refractivity (Wildman–Crippen MR) is 97.9 cm³/mol. The molecule has 6 nitrogen and oxygen atoms in total. The lowest BCUT2D eigenvalue weighted by molar-refractivity contribution is -0.137. The average molecular weight is 357 g/mol. The molecule has 0 spiro atoms. The number of ether oxygens (including phenoxy) is 2. The highest BCUT2D eigenvalue weighted by Crippen LogP contribution is 2.31. The Hall–Kier alpha value is -3.02. The van der Waals surface area contributed by atoms with E-state index in [1.165, 1.54) is 14.2 Å². The number of hydrogen-bond donors (Lipinski definition) is 2. The molecule has 138 valence electrons. The van der Waals surface area contributed by atoms with Crippen molar-refractivity contribution in [1.29, 1.82) is 0 Å². The van der Waals surface area contributed by atoms with Crippen LogP contribution >= 0.6 is 0 Å².